The standard InChI is InChI=1S/C13H18N2O2S/c14-12-15-10(8-18-12)6-11(16)9-2-5-17-13(7-9)3-1-4-13/h8-9H,1-7H2,(H2,14,15). The van der Waals surface area contributed by atoms with Crippen LogP contribution < -0.4 is 5.73 Å². The third kappa shape index (κ3) is 2.29. The van der Waals surface area contributed by atoms with Crippen molar-refractivity contribution >= 4 is 22.3 Å². The Morgan fingerprint density at radius 3 is 3.06 bits per heavy atom. The van der Waals surface area contributed by atoms with E-state index in [0.717, 1.165) is 38.0 Å². The SMILES string of the molecule is Nc1nc(CC(=O)C2CCOC3(CCC3)C2)cs1. The molecule has 0 amide bonds. The number of nitrogens with two attached hydrogens (primary N) is 1. The molecule has 1 unspecified atom stereocenters. The normalized spacial score (nSPS) is 25.9. The van der Waals surface area contributed by atoms with Crippen molar-refractivity contribution in [3.8, 4) is 0 Å². The van der Waals surface area contributed by atoms with Gasteiger partial charge in [-0.1, -0.05) is 0 Å². The van der Waals surface area contributed by atoms with Crippen molar-refractivity contribution in [3.63, 3.8) is 0 Å². The first-order chi connectivity index (χ1) is 8.67. The van der Waals surface area contributed by atoms with Gasteiger partial charge in [0.1, 0.15) is 5.78 Å². The number of ether oxygens (including phenoxy) is 1. The zero-order chi connectivity index (χ0) is 12.6. The van der Waals surface area contributed by atoms with Gasteiger partial charge in [-0.25, -0.2) is 4.98 Å². The molecule has 0 radical (unpaired) electrons. The summed E-state index contributed by atoms with van der Waals surface area (Å²) in [6.07, 6.45) is 5.69. The van der Waals surface area contributed by atoms with Crippen molar-refractivity contribution in [3.05, 3.63) is 11.1 Å². The lowest BCUT2D eigenvalue weighted by atomic mass is 9.71. The molecule has 1 aromatic rings. The van der Waals surface area contributed by atoms with Crippen molar-refractivity contribution in [1.29, 1.82) is 0 Å². The van der Waals surface area contributed by atoms with Crippen LogP contribution in [0.15, 0.2) is 5.38 Å². The molecule has 2 fully saturated rings. The summed E-state index contributed by atoms with van der Waals surface area (Å²) < 4.78 is 5.85. The van der Waals surface area contributed by atoms with Gasteiger partial charge in [-0.2, -0.15) is 0 Å². The summed E-state index contributed by atoms with van der Waals surface area (Å²) in [5.74, 6) is 0.455. The number of aromatic nitrogens is 1. The number of rotatable bonds is 3. The molecule has 1 spiro atoms. The maximum Gasteiger partial charge on any atom is 0.180 e. The predicted molar refractivity (Wildman–Crippen MR) is 70.5 cm³/mol. The van der Waals surface area contributed by atoms with Crippen LogP contribution in [0.2, 0.25) is 0 Å². The maximum atomic E-state index is 12.3. The van der Waals surface area contributed by atoms with Crippen molar-refractivity contribution in [1.82, 2.24) is 4.98 Å². The number of thiazole rings is 1. The highest BCUT2D eigenvalue weighted by Gasteiger charge is 2.44. The van der Waals surface area contributed by atoms with Crippen molar-refractivity contribution in [2.24, 2.45) is 5.92 Å². The van der Waals surface area contributed by atoms with Crippen LogP contribution in [-0.4, -0.2) is 23.0 Å². The highest BCUT2D eigenvalue weighted by Crippen LogP contribution is 2.44. The Labute approximate surface area is 111 Å². The molecule has 1 aromatic heterocycles. The largest absolute Gasteiger partial charge is 0.375 e. The summed E-state index contributed by atoms with van der Waals surface area (Å²) in [4.78, 5) is 16.4. The lowest BCUT2D eigenvalue weighted by Gasteiger charge is -2.46. The quantitative estimate of drug-likeness (QED) is 0.910. The van der Waals surface area contributed by atoms with Crippen LogP contribution in [0.25, 0.3) is 0 Å². The monoisotopic (exact) mass is 266 g/mol. The number of carbonyl (C=O) groups is 1. The molecule has 1 atom stereocenters. The van der Waals surface area contributed by atoms with Crippen LogP contribution in [-0.2, 0) is 16.0 Å². The lowest BCUT2D eigenvalue weighted by molar-refractivity contribution is -0.155. The first-order valence-electron chi connectivity index (χ1n) is 6.53. The van der Waals surface area contributed by atoms with Gasteiger partial charge in [-0.3, -0.25) is 4.79 Å². The molecule has 1 saturated carbocycles. The minimum absolute atomic E-state index is 0.0413. The van der Waals surface area contributed by atoms with Gasteiger partial charge in [-0.15, -0.1) is 11.3 Å². The summed E-state index contributed by atoms with van der Waals surface area (Å²) in [6, 6.07) is 0. The predicted octanol–water partition coefficient (Wildman–Crippen LogP) is 2.19. The maximum absolute atomic E-state index is 12.3. The van der Waals surface area contributed by atoms with Gasteiger partial charge in [0.15, 0.2) is 5.13 Å². The zero-order valence-electron chi connectivity index (χ0n) is 10.4. The molecule has 5 heteroatoms. The third-order valence-corrected chi connectivity index (χ3v) is 4.86. The molecule has 3 rings (SSSR count). The minimum atomic E-state index is 0.0413. The number of anilines is 1. The fourth-order valence-corrected chi connectivity index (χ4v) is 3.51. The molecule has 4 nitrogen and oxygen atoms in total. The van der Waals surface area contributed by atoms with Crippen LogP contribution in [0.5, 0.6) is 0 Å². The number of hydrogen-bond donors (Lipinski definition) is 1. The summed E-state index contributed by atoms with van der Waals surface area (Å²) in [5.41, 5.74) is 6.44. The molecule has 0 aromatic carbocycles. The van der Waals surface area contributed by atoms with Crippen LogP contribution >= 0.6 is 11.3 Å². The molecular weight excluding hydrogens is 248 g/mol. The molecule has 2 heterocycles. The van der Waals surface area contributed by atoms with E-state index in [-0.39, 0.29) is 11.5 Å². The highest BCUT2D eigenvalue weighted by molar-refractivity contribution is 7.13. The fraction of sp³-hybridized carbons (Fsp3) is 0.692. The van der Waals surface area contributed by atoms with Crippen molar-refractivity contribution in [2.45, 2.75) is 44.1 Å². The molecule has 18 heavy (non-hydrogen) atoms. The average Bonchev–Trinajstić information content (AvgIpc) is 2.73. The Kier molecular flexibility index (Phi) is 3.11. The van der Waals surface area contributed by atoms with Gasteiger partial charge in [0.2, 0.25) is 0 Å². The molecule has 1 saturated heterocycles. The average molecular weight is 266 g/mol. The second-order valence-electron chi connectivity index (χ2n) is 5.39. The van der Waals surface area contributed by atoms with Gasteiger partial charge in [0.05, 0.1) is 11.3 Å². The number of ketones is 1. The van der Waals surface area contributed by atoms with Crippen LogP contribution in [0, 0.1) is 5.92 Å². The van der Waals surface area contributed by atoms with E-state index in [4.69, 9.17) is 10.5 Å². The van der Waals surface area contributed by atoms with Crippen LogP contribution in [0.3, 0.4) is 0 Å². The van der Waals surface area contributed by atoms with E-state index >= 15 is 0 Å². The Morgan fingerprint density at radius 1 is 1.61 bits per heavy atom. The molecule has 1 aliphatic carbocycles. The van der Waals surface area contributed by atoms with Gasteiger partial charge >= 0.3 is 0 Å². The van der Waals surface area contributed by atoms with E-state index in [1.54, 1.807) is 0 Å². The van der Waals surface area contributed by atoms with E-state index in [1.807, 2.05) is 5.38 Å². The number of carbonyl (C=O) groups excluding carboxylic acids is 1. The first kappa shape index (κ1) is 12.1. The summed E-state index contributed by atoms with van der Waals surface area (Å²) in [6.45, 7) is 0.732. The smallest absolute Gasteiger partial charge is 0.180 e. The highest BCUT2D eigenvalue weighted by atomic mass is 32.1. The van der Waals surface area contributed by atoms with Crippen LogP contribution in [0.1, 0.15) is 37.8 Å². The fourth-order valence-electron chi connectivity index (χ4n) is 2.95. The zero-order valence-corrected chi connectivity index (χ0v) is 11.2. The van der Waals surface area contributed by atoms with Crippen molar-refractivity contribution in [2.75, 3.05) is 12.3 Å². The molecule has 98 valence electrons. The molecule has 1 aliphatic heterocycles. The van der Waals surface area contributed by atoms with E-state index < -0.39 is 0 Å². The van der Waals surface area contributed by atoms with Gasteiger partial charge in [0.25, 0.3) is 0 Å². The Hall–Kier alpha value is -0.940. The van der Waals surface area contributed by atoms with E-state index in [1.165, 1.54) is 17.8 Å². The second kappa shape index (κ2) is 4.63. The Balaban J connectivity index is 1.61. The molecular formula is C13H18N2O2S. The number of Topliss-reactive ketones (excluding diaryl/α,β-unsaturated/α-hetero) is 1. The van der Waals surface area contributed by atoms with Gasteiger partial charge in [0, 0.05) is 24.3 Å². The Bertz CT molecular complexity index is 454. The number of hydrogen-bond acceptors (Lipinski definition) is 5. The van der Waals surface area contributed by atoms with E-state index in [9.17, 15) is 4.79 Å². The van der Waals surface area contributed by atoms with Crippen LogP contribution in [0.4, 0.5) is 5.13 Å². The summed E-state index contributed by atoms with van der Waals surface area (Å²) in [7, 11) is 0. The summed E-state index contributed by atoms with van der Waals surface area (Å²) in [5, 5.41) is 2.42. The Morgan fingerprint density at radius 2 is 2.44 bits per heavy atom. The number of nitrogens with zero attached hydrogens (tertiary/aromatic N) is 1. The number of nitrogen functional groups attached to an aromatic ring is 1. The van der Waals surface area contributed by atoms with Crippen molar-refractivity contribution < 1.29 is 9.53 Å². The van der Waals surface area contributed by atoms with Gasteiger partial charge in [-0.05, 0) is 32.1 Å². The second-order valence-corrected chi connectivity index (χ2v) is 6.28. The minimum Gasteiger partial charge on any atom is -0.375 e. The van der Waals surface area contributed by atoms with E-state index in [0.29, 0.717) is 17.3 Å². The molecule has 2 aliphatic rings. The first-order valence-corrected chi connectivity index (χ1v) is 7.41. The third-order valence-electron chi connectivity index (χ3n) is 4.14. The van der Waals surface area contributed by atoms with E-state index in [2.05, 4.69) is 4.98 Å². The lowest BCUT2D eigenvalue weighted by Crippen LogP contribution is -2.47. The van der Waals surface area contributed by atoms with Gasteiger partial charge < -0.3 is 10.5 Å². The molecule has 0 bridgehead atoms. The summed E-state index contributed by atoms with van der Waals surface area (Å²) >= 11 is 1.40. The molecule has 2 N–H and O–H groups in total. The topological polar surface area (TPSA) is 65.2 Å².